The first kappa shape index (κ1) is 13.5. The molecule has 102 valence electrons. The number of likely N-dealkylation sites (tertiary alicyclic amines) is 1. The molecule has 5 nitrogen and oxygen atoms in total. The van der Waals surface area contributed by atoms with Gasteiger partial charge in [0.2, 0.25) is 5.91 Å². The molecule has 0 radical (unpaired) electrons. The number of aromatic nitrogens is 1. The van der Waals surface area contributed by atoms with E-state index < -0.39 is 11.9 Å². The smallest absolute Gasteiger partial charge is 0.308 e. The molecule has 1 aromatic rings. The molecular formula is C14H18N2O3. The van der Waals surface area contributed by atoms with Crippen LogP contribution in [0, 0.1) is 11.8 Å². The summed E-state index contributed by atoms with van der Waals surface area (Å²) in [7, 11) is 0. The lowest BCUT2D eigenvalue weighted by Gasteiger charge is -2.15. The summed E-state index contributed by atoms with van der Waals surface area (Å²) >= 11 is 0. The van der Waals surface area contributed by atoms with E-state index in [0.717, 1.165) is 5.69 Å². The molecule has 1 aliphatic heterocycles. The predicted octanol–water partition coefficient (Wildman–Crippen LogP) is 1.19. The molecule has 19 heavy (non-hydrogen) atoms. The van der Waals surface area contributed by atoms with Crippen molar-refractivity contribution in [3.05, 3.63) is 30.1 Å². The fourth-order valence-electron chi connectivity index (χ4n) is 2.43. The molecule has 2 heterocycles. The third-order valence-electron chi connectivity index (χ3n) is 3.60. The van der Waals surface area contributed by atoms with E-state index in [4.69, 9.17) is 5.11 Å². The average Bonchev–Trinajstić information content (AvgIpc) is 2.79. The van der Waals surface area contributed by atoms with Crippen LogP contribution < -0.4 is 0 Å². The van der Waals surface area contributed by atoms with Gasteiger partial charge in [-0.1, -0.05) is 13.0 Å². The van der Waals surface area contributed by atoms with Gasteiger partial charge in [0, 0.05) is 31.4 Å². The van der Waals surface area contributed by atoms with Gasteiger partial charge in [-0.3, -0.25) is 14.6 Å². The van der Waals surface area contributed by atoms with Crippen molar-refractivity contribution in [3.8, 4) is 0 Å². The number of rotatable bonds is 4. The van der Waals surface area contributed by atoms with E-state index in [2.05, 4.69) is 4.98 Å². The summed E-state index contributed by atoms with van der Waals surface area (Å²) in [5, 5.41) is 9.04. The van der Waals surface area contributed by atoms with E-state index in [1.165, 1.54) is 0 Å². The number of carbonyl (C=O) groups is 2. The molecule has 0 bridgehead atoms. The highest BCUT2D eigenvalue weighted by molar-refractivity contribution is 5.79. The number of aryl methyl sites for hydroxylation is 1. The molecule has 2 atom stereocenters. The van der Waals surface area contributed by atoms with Gasteiger partial charge >= 0.3 is 5.97 Å². The summed E-state index contributed by atoms with van der Waals surface area (Å²) in [6.45, 7) is 2.75. The second kappa shape index (κ2) is 5.82. The second-order valence-corrected chi connectivity index (χ2v) is 5.04. The molecule has 1 aromatic heterocycles. The van der Waals surface area contributed by atoms with Crippen molar-refractivity contribution < 1.29 is 14.7 Å². The minimum Gasteiger partial charge on any atom is -0.481 e. The second-order valence-electron chi connectivity index (χ2n) is 5.04. The lowest BCUT2D eigenvalue weighted by molar-refractivity contribution is -0.142. The van der Waals surface area contributed by atoms with Gasteiger partial charge in [-0.15, -0.1) is 0 Å². The number of aliphatic carboxylic acids is 1. The molecule has 1 saturated heterocycles. The number of pyridine rings is 1. The van der Waals surface area contributed by atoms with Gasteiger partial charge in [-0.2, -0.15) is 0 Å². The van der Waals surface area contributed by atoms with Crippen LogP contribution in [0.25, 0.3) is 0 Å². The van der Waals surface area contributed by atoms with Crippen molar-refractivity contribution in [2.24, 2.45) is 11.8 Å². The van der Waals surface area contributed by atoms with Gasteiger partial charge < -0.3 is 10.0 Å². The lowest BCUT2D eigenvalue weighted by atomic mass is 9.99. The normalized spacial score (nSPS) is 22.5. The molecule has 1 N–H and O–H groups in total. The van der Waals surface area contributed by atoms with Gasteiger partial charge in [0.05, 0.1) is 5.92 Å². The van der Waals surface area contributed by atoms with Crippen LogP contribution in [0.1, 0.15) is 19.0 Å². The maximum Gasteiger partial charge on any atom is 0.308 e. The van der Waals surface area contributed by atoms with Crippen LogP contribution >= 0.6 is 0 Å². The van der Waals surface area contributed by atoms with Gasteiger partial charge in [-0.05, 0) is 24.5 Å². The lowest BCUT2D eigenvalue weighted by Crippen LogP contribution is -2.30. The Kier molecular flexibility index (Phi) is 4.14. The number of hydrogen-bond donors (Lipinski definition) is 1. The quantitative estimate of drug-likeness (QED) is 0.885. The summed E-state index contributed by atoms with van der Waals surface area (Å²) in [4.78, 5) is 28.9. The van der Waals surface area contributed by atoms with Crippen LogP contribution in [0.15, 0.2) is 24.4 Å². The fourth-order valence-corrected chi connectivity index (χ4v) is 2.43. The molecule has 0 aromatic carbocycles. The molecule has 0 aliphatic carbocycles. The molecule has 1 amide bonds. The van der Waals surface area contributed by atoms with E-state index in [0.29, 0.717) is 25.9 Å². The van der Waals surface area contributed by atoms with Gasteiger partial charge in [0.1, 0.15) is 0 Å². The summed E-state index contributed by atoms with van der Waals surface area (Å²) in [5.41, 5.74) is 0.887. The Morgan fingerprint density at radius 3 is 2.79 bits per heavy atom. The number of carboxylic acids is 1. The van der Waals surface area contributed by atoms with E-state index in [9.17, 15) is 9.59 Å². The average molecular weight is 262 g/mol. The summed E-state index contributed by atoms with van der Waals surface area (Å²) in [5.74, 6) is -1.20. The topological polar surface area (TPSA) is 70.5 Å². The minimum absolute atomic E-state index is 0.0150. The van der Waals surface area contributed by atoms with Gasteiger partial charge in [-0.25, -0.2) is 0 Å². The van der Waals surface area contributed by atoms with Crippen LogP contribution in [0.5, 0.6) is 0 Å². The third-order valence-corrected chi connectivity index (χ3v) is 3.60. The Balaban J connectivity index is 1.86. The monoisotopic (exact) mass is 262 g/mol. The number of nitrogens with zero attached hydrogens (tertiary/aromatic N) is 2. The molecule has 0 unspecified atom stereocenters. The van der Waals surface area contributed by atoms with Crippen LogP contribution in [0.4, 0.5) is 0 Å². The summed E-state index contributed by atoms with van der Waals surface area (Å²) < 4.78 is 0. The molecular weight excluding hydrogens is 244 g/mol. The van der Waals surface area contributed by atoms with Crippen LogP contribution in [0.2, 0.25) is 0 Å². The zero-order valence-electron chi connectivity index (χ0n) is 11.0. The van der Waals surface area contributed by atoms with Crippen molar-refractivity contribution in [2.45, 2.75) is 19.8 Å². The van der Waals surface area contributed by atoms with Gasteiger partial charge in [0.15, 0.2) is 0 Å². The fraction of sp³-hybridized carbons (Fsp3) is 0.500. The van der Waals surface area contributed by atoms with Crippen LogP contribution in [-0.2, 0) is 16.0 Å². The van der Waals surface area contributed by atoms with E-state index in [-0.39, 0.29) is 11.8 Å². The van der Waals surface area contributed by atoms with Crippen molar-refractivity contribution >= 4 is 11.9 Å². The molecule has 1 aliphatic rings. The Hall–Kier alpha value is -1.91. The van der Waals surface area contributed by atoms with E-state index in [1.54, 1.807) is 11.1 Å². The zero-order chi connectivity index (χ0) is 13.8. The number of carbonyl (C=O) groups excluding carboxylic acids is 1. The van der Waals surface area contributed by atoms with E-state index >= 15 is 0 Å². The third kappa shape index (κ3) is 3.30. The number of carboxylic acid groups (broad SMARTS) is 1. The van der Waals surface area contributed by atoms with Crippen LogP contribution in [-0.4, -0.2) is 40.0 Å². The van der Waals surface area contributed by atoms with Gasteiger partial charge in [0.25, 0.3) is 0 Å². The number of amides is 1. The first-order valence-electron chi connectivity index (χ1n) is 6.48. The molecule has 5 heteroatoms. The highest BCUT2D eigenvalue weighted by Crippen LogP contribution is 2.23. The Bertz CT molecular complexity index is 461. The first-order valence-corrected chi connectivity index (χ1v) is 6.48. The Morgan fingerprint density at radius 1 is 1.42 bits per heavy atom. The Labute approximate surface area is 112 Å². The number of hydrogen-bond acceptors (Lipinski definition) is 3. The van der Waals surface area contributed by atoms with Crippen molar-refractivity contribution in [2.75, 3.05) is 13.1 Å². The maximum atomic E-state index is 12.0. The predicted molar refractivity (Wildman–Crippen MR) is 69.4 cm³/mol. The summed E-state index contributed by atoms with van der Waals surface area (Å²) in [6.07, 6.45) is 2.69. The van der Waals surface area contributed by atoms with E-state index in [1.807, 2.05) is 25.1 Å². The SMILES string of the molecule is C[C@@H]1CN(C(=O)CCc2ccccn2)C[C@H]1C(=O)O. The standard InChI is InChI=1S/C14H18N2O3/c1-10-8-16(9-12(10)14(18)19)13(17)6-5-11-4-2-3-7-15-11/h2-4,7,10,12H,5-6,8-9H2,1H3,(H,18,19)/t10-,12-/m1/s1. The molecule has 2 rings (SSSR count). The molecule has 1 fully saturated rings. The molecule has 0 saturated carbocycles. The largest absolute Gasteiger partial charge is 0.481 e. The summed E-state index contributed by atoms with van der Waals surface area (Å²) in [6, 6.07) is 5.62. The zero-order valence-corrected chi connectivity index (χ0v) is 11.0. The van der Waals surface area contributed by atoms with Crippen LogP contribution in [0.3, 0.4) is 0 Å². The van der Waals surface area contributed by atoms with Crippen molar-refractivity contribution in [1.82, 2.24) is 9.88 Å². The highest BCUT2D eigenvalue weighted by atomic mass is 16.4. The maximum absolute atomic E-state index is 12.0. The Morgan fingerprint density at radius 2 is 2.21 bits per heavy atom. The van der Waals surface area contributed by atoms with Crippen molar-refractivity contribution in [1.29, 1.82) is 0 Å². The minimum atomic E-state index is -0.812. The van der Waals surface area contributed by atoms with Crippen molar-refractivity contribution in [3.63, 3.8) is 0 Å². The first-order chi connectivity index (χ1) is 9.08. The molecule has 0 spiro atoms. The highest BCUT2D eigenvalue weighted by Gasteiger charge is 2.36.